The van der Waals surface area contributed by atoms with Crippen molar-refractivity contribution in [3.63, 3.8) is 0 Å². The first kappa shape index (κ1) is 14.4. The molecule has 1 atom stereocenters. The van der Waals surface area contributed by atoms with E-state index >= 15 is 0 Å². The van der Waals surface area contributed by atoms with Crippen LogP contribution in [-0.2, 0) is 0 Å². The fraction of sp³-hybridized carbons (Fsp3) is 0.625. The molecule has 1 heterocycles. The Balaban J connectivity index is 1.68. The van der Waals surface area contributed by atoms with Crippen LogP contribution >= 0.6 is 0 Å². The minimum atomic E-state index is 0.644. The standard InChI is InChI=1S/C16H27N3/c1-3-15(2)17-9-10-18-11-13-19(14-12-18)16-7-5-4-6-8-16/h4-8,15,17H,3,9-14H2,1-2H3. The third-order valence-electron chi connectivity index (χ3n) is 4.03. The van der Waals surface area contributed by atoms with E-state index in [1.54, 1.807) is 0 Å². The smallest absolute Gasteiger partial charge is 0.0367 e. The van der Waals surface area contributed by atoms with E-state index in [4.69, 9.17) is 0 Å². The lowest BCUT2D eigenvalue weighted by atomic mass is 10.2. The van der Waals surface area contributed by atoms with Gasteiger partial charge in [0, 0.05) is 51.0 Å². The zero-order valence-corrected chi connectivity index (χ0v) is 12.3. The summed E-state index contributed by atoms with van der Waals surface area (Å²) in [4.78, 5) is 5.05. The van der Waals surface area contributed by atoms with Crippen LogP contribution in [0.1, 0.15) is 20.3 Å². The van der Waals surface area contributed by atoms with Crippen molar-refractivity contribution in [1.29, 1.82) is 0 Å². The summed E-state index contributed by atoms with van der Waals surface area (Å²) in [6.07, 6.45) is 1.21. The van der Waals surface area contributed by atoms with Crippen LogP contribution in [0, 0.1) is 0 Å². The van der Waals surface area contributed by atoms with Crippen LogP contribution in [0.4, 0.5) is 5.69 Å². The Morgan fingerprint density at radius 3 is 2.42 bits per heavy atom. The maximum atomic E-state index is 3.57. The molecule has 1 unspecified atom stereocenters. The molecular formula is C16H27N3. The maximum Gasteiger partial charge on any atom is 0.0367 e. The van der Waals surface area contributed by atoms with Gasteiger partial charge in [-0.05, 0) is 25.5 Å². The van der Waals surface area contributed by atoms with Gasteiger partial charge in [0.05, 0.1) is 0 Å². The summed E-state index contributed by atoms with van der Waals surface area (Å²) < 4.78 is 0. The SMILES string of the molecule is CCC(C)NCCN1CCN(c2ccccc2)CC1. The number of rotatable bonds is 6. The normalized spacial score (nSPS) is 18.5. The second-order valence-corrected chi connectivity index (χ2v) is 5.43. The second kappa shape index (κ2) is 7.51. The zero-order chi connectivity index (χ0) is 13.5. The third kappa shape index (κ3) is 4.51. The van der Waals surface area contributed by atoms with E-state index in [9.17, 15) is 0 Å². The number of piperazine rings is 1. The van der Waals surface area contributed by atoms with E-state index in [-0.39, 0.29) is 0 Å². The van der Waals surface area contributed by atoms with E-state index in [0.29, 0.717) is 6.04 Å². The van der Waals surface area contributed by atoms with Crippen molar-refractivity contribution in [3.05, 3.63) is 30.3 Å². The molecule has 1 N–H and O–H groups in total. The summed E-state index contributed by atoms with van der Waals surface area (Å²) in [6, 6.07) is 11.4. The quantitative estimate of drug-likeness (QED) is 0.847. The molecular weight excluding hydrogens is 234 g/mol. The molecule has 106 valence electrons. The minimum absolute atomic E-state index is 0.644. The molecule has 19 heavy (non-hydrogen) atoms. The first-order chi connectivity index (χ1) is 9.29. The topological polar surface area (TPSA) is 18.5 Å². The molecule has 2 rings (SSSR count). The first-order valence-corrected chi connectivity index (χ1v) is 7.55. The van der Waals surface area contributed by atoms with Crippen molar-refractivity contribution in [2.24, 2.45) is 0 Å². The molecule has 0 bridgehead atoms. The van der Waals surface area contributed by atoms with Crippen LogP contribution in [0.2, 0.25) is 0 Å². The highest BCUT2D eigenvalue weighted by Crippen LogP contribution is 2.15. The van der Waals surface area contributed by atoms with Crippen molar-refractivity contribution in [3.8, 4) is 0 Å². The summed E-state index contributed by atoms with van der Waals surface area (Å²) in [5.41, 5.74) is 1.36. The van der Waals surface area contributed by atoms with Crippen molar-refractivity contribution in [1.82, 2.24) is 10.2 Å². The van der Waals surface area contributed by atoms with Gasteiger partial charge in [-0.25, -0.2) is 0 Å². The molecule has 0 amide bonds. The zero-order valence-electron chi connectivity index (χ0n) is 12.3. The molecule has 0 saturated carbocycles. The second-order valence-electron chi connectivity index (χ2n) is 5.43. The average molecular weight is 261 g/mol. The Labute approximate surface area is 117 Å². The molecule has 0 spiro atoms. The summed E-state index contributed by atoms with van der Waals surface area (Å²) in [6.45, 7) is 11.4. The Morgan fingerprint density at radius 1 is 1.11 bits per heavy atom. The summed E-state index contributed by atoms with van der Waals surface area (Å²) in [5, 5.41) is 3.57. The number of nitrogens with zero attached hydrogens (tertiary/aromatic N) is 2. The molecule has 1 fully saturated rings. The summed E-state index contributed by atoms with van der Waals surface area (Å²) in [5.74, 6) is 0. The number of nitrogens with one attached hydrogen (secondary N) is 1. The lowest BCUT2D eigenvalue weighted by Gasteiger charge is -2.36. The molecule has 0 aromatic heterocycles. The lowest BCUT2D eigenvalue weighted by Crippen LogP contribution is -2.48. The van der Waals surface area contributed by atoms with Gasteiger partial charge in [0.1, 0.15) is 0 Å². The van der Waals surface area contributed by atoms with Gasteiger partial charge in [-0.2, -0.15) is 0 Å². The highest BCUT2D eigenvalue weighted by molar-refractivity contribution is 5.46. The minimum Gasteiger partial charge on any atom is -0.369 e. The van der Waals surface area contributed by atoms with Crippen LogP contribution in [0.15, 0.2) is 30.3 Å². The monoisotopic (exact) mass is 261 g/mol. The Kier molecular flexibility index (Phi) is 5.67. The highest BCUT2D eigenvalue weighted by Gasteiger charge is 2.16. The van der Waals surface area contributed by atoms with Crippen LogP contribution in [0.3, 0.4) is 0 Å². The van der Waals surface area contributed by atoms with Gasteiger partial charge in [-0.15, -0.1) is 0 Å². The molecule has 1 aromatic rings. The third-order valence-corrected chi connectivity index (χ3v) is 4.03. The van der Waals surface area contributed by atoms with E-state index in [2.05, 4.69) is 59.3 Å². The van der Waals surface area contributed by atoms with Gasteiger partial charge in [0.25, 0.3) is 0 Å². The van der Waals surface area contributed by atoms with Gasteiger partial charge in [0.15, 0.2) is 0 Å². The van der Waals surface area contributed by atoms with Gasteiger partial charge in [-0.3, -0.25) is 4.90 Å². The van der Waals surface area contributed by atoms with Crippen molar-refractivity contribution >= 4 is 5.69 Å². The van der Waals surface area contributed by atoms with Gasteiger partial charge in [-0.1, -0.05) is 25.1 Å². The van der Waals surface area contributed by atoms with Crippen molar-refractivity contribution < 1.29 is 0 Å². The predicted molar refractivity (Wildman–Crippen MR) is 82.9 cm³/mol. The van der Waals surface area contributed by atoms with Crippen LogP contribution in [-0.4, -0.2) is 50.2 Å². The van der Waals surface area contributed by atoms with Gasteiger partial charge in [0.2, 0.25) is 0 Å². The molecule has 0 aliphatic carbocycles. The first-order valence-electron chi connectivity index (χ1n) is 7.55. The van der Waals surface area contributed by atoms with Crippen molar-refractivity contribution in [2.45, 2.75) is 26.3 Å². The lowest BCUT2D eigenvalue weighted by molar-refractivity contribution is 0.254. The largest absolute Gasteiger partial charge is 0.369 e. The molecule has 1 aromatic carbocycles. The number of benzene rings is 1. The predicted octanol–water partition coefficient (Wildman–Crippen LogP) is 2.20. The molecule has 0 radical (unpaired) electrons. The fourth-order valence-electron chi connectivity index (χ4n) is 2.48. The number of hydrogen-bond acceptors (Lipinski definition) is 3. The molecule has 3 heteroatoms. The van der Waals surface area contributed by atoms with Crippen molar-refractivity contribution in [2.75, 3.05) is 44.2 Å². The highest BCUT2D eigenvalue weighted by atomic mass is 15.3. The van der Waals surface area contributed by atoms with E-state index in [0.717, 1.165) is 19.6 Å². The summed E-state index contributed by atoms with van der Waals surface area (Å²) in [7, 11) is 0. The molecule has 1 aliphatic rings. The van der Waals surface area contributed by atoms with Gasteiger partial charge < -0.3 is 10.2 Å². The number of hydrogen-bond donors (Lipinski definition) is 1. The number of anilines is 1. The Bertz CT molecular complexity index is 344. The Hall–Kier alpha value is -1.06. The molecule has 1 aliphatic heterocycles. The maximum absolute atomic E-state index is 3.57. The fourth-order valence-corrected chi connectivity index (χ4v) is 2.48. The molecule has 1 saturated heterocycles. The van der Waals surface area contributed by atoms with Crippen LogP contribution in [0.5, 0.6) is 0 Å². The Morgan fingerprint density at radius 2 is 1.79 bits per heavy atom. The molecule has 3 nitrogen and oxygen atoms in total. The van der Waals surface area contributed by atoms with Gasteiger partial charge >= 0.3 is 0 Å². The number of para-hydroxylation sites is 1. The van der Waals surface area contributed by atoms with Crippen LogP contribution in [0.25, 0.3) is 0 Å². The average Bonchev–Trinajstić information content (AvgIpc) is 2.48. The van der Waals surface area contributed by atoms with E-state index < -0.39 is 0 Å². The van der Waals surface area contributed by atoms with Crippen LogP contribution < -0.4 is 10.2 Å². The van der Waals surface area contributed by atoms with E-state index in [1.165, 1.54) is 31.7 Å². The summed E-state index contributed by atoms with van der Waals surface area (Å²) >= 11 is 0. The van der Waals surface area contributed by atoms with E-state index in [1.807, 2.05) is 0 Å².